The van der Waals surface area contributed by atoms with Crippen LogP contribution in [0.1, 0.15) is 18.1 Å². The SMILES string of the molecule is C/C(N)=C(/S)c1ccc(CNC=O)cc1. The van der Waals surface area contributed by atoms with Gasteiger partial charge in [-0.25, -0.2) is 0 Å². The summed E-state index contributed by atoms with van der Waals surface area (Å²) in [6.45, 7) is 2.35. The number of allylic oxidation sites excluding steroid dienone is 1. The molecule has 3 N–H and O–H groups in total. The topological polar surface area (TPSA) is 55.1 Å². The molecule has 0 atom stereocenters. The van der Waals surface area contributed by atoms with E-state index in [0.29, 0.717) is 18.7 Å². The third kappa shape index (κ3) is 3.32. The van der Waals surface area contributed by atoms with E-state index in [9.17, 15) is 4.79 Å². The van der Waals surface area contributed by atoms with Crippen molar-refractivity contribution in [3.05, 3.63) is 41.1 Å². The first kappa shape index (κ1) is 11.7. The van der Waals surface area contributed by atoms with Crippen LogP contribution in [-0.4, -0.2) is 6.41 Å². The van der Waals surface area contributed by atoms with Gasteiger partial charge in [-0.05, 0) is 18.1 Å². The Morgan fingerprint density at radius 1 is 1.47 bits per heavy atom. The predicted molar refractivity (Wildman–Crippen MR) is 65.1 cm³/mol. The Morgan fingerprint density at radius 3 is 2.53 bits per heavy atom. The molecule has 1 amide bonds. The lowest BCUT2D eigenvalue weighted by Crippen LogP contribution is -2.09. The number of carbonyl (C=O) groups is 1. The summed E-state index contributed by atoms with van der Waals surface area (Å²) in [6.07, 6.45) is 0.682. The Labute approximate surface area is 94.8 Å². The number of amides is 1. The Morgan fingerprint density at radius 2 is 2.07 bits per heavy atom. The van der Waals surface area contributed by atoms with Gasteiger partial charge in [0.25, 0.3) is 0 Å². The van der Waals surface area contributed by atoms with Crippen LogP contribution in [0.5, 0.6) is 0 Å². The highest BCUT2D eigenvalue weighted by atomic mass is 32.1. The van der Waals surface area contributed by atoms with Gasteiger partial charge in [-0.1, -0.05) is 24.3 Å². The average molecular weight is 222 g/mol. The van der Waals surface area contributed by atoms with Crippen molar-refractivity contribution in [2.45, 2.75) is 13.5 Å². The van der Waals surface area contributed by atoms with Crippen molar-refractivity contribution in [3.8, 4) is 0 Å². The molecule has 1 rings (SSSR count). The van der Waals surface area contributed by atoms with Crippen molar-refractivity contribution in [1.29, 1.82) is 0 Å². The first-order valence-electron chi connectivity index (χ1n) is 4.57. The highest BCUT2D eigenvalue weighted by molar-refractivity contribution is 7.90. The van der Waals surface area contributed by atoms with Crippen molar-refractivity contribution >= 4 is 23.9 Å². The largest absolute Gasteiger partial charge is 0.401 e. The molecule has 0 aromatic heterocycles. The van der Waals surface area contributed by atoms with Crippen molar-refractivity contribution in [2.75, 3.05) is 0 Å². The first-order chi connectivity index (χ1) is 7.15. The van der Waals surface area contributed by atoms with Crippen LogP contribution in [0.3, 0.4) is 0 Å². The first-order valence-corrected chi connectivity index (χ1v) is 5.01. The lowest BCUT2D eigenvalue weighted by Gasteiger charge is -2.05. The lowest BCUT2D eigenvalue weighted by atomic mass is 10.1. The molecule has 0 radical (unpaired) electrons. The number of nitrogens with two attached hydrogens (primary N) is 1. The van der Waals surface area contributed by atoms with E-state index in [1.807, 2.05) is 31.2 Å². The zero-order valence-electron chi connectivity index (χ0n) is 8.53. The second kappa shape index (κ2) is 5.46. The van der Waals surface area contributed by atoms with Gasteiger partial charge in [-0.3, -0.25) is 4.79 Å². The maximum Gasteiger partial charge on any atom is 0.207 e. The van der Waals surface area contributed by atoms with Crippen molar-refractivity contribution in [2.24, 2.45) is 5.73 Å². The van der Waals surface area contributed by atoms with E-state index in [1.165, 1.54) is 0 Å². The molecule has 15 heavy (non-hydrogen) atoms. The van der Waals surface area contributed by atoms with Crippen molar-refractivity contribution in [1.82, 2.24) is 5.32 Å². The maximum atomic E-state index is 10.1. The molecule has 0 aliphatic carbocycles. The molecule has 0 aliphatic rings. The lowest BCUT2D eigenvalue weighted by molar-refractivity contribution is -0.109. The summed E-state index contributed by atoms with van der Waals surface area (Å²) in [5, 5.41) is 2.60. The van der Waals surface area contributed by atoms with Crippen molar-refractivity contribution in [3.63, 3.8) is 0 Å². The summed E-state index contributed by atoms with van der Waals surface area (Å²) in [5.74, 6) is 0. The molecular formula is C11H14N2OS. The van der Waals surface area contributed by atoms with Gasteiger partial charge >= 0.3 is 0 Å². The van der Waals surface area contributed by atoms with E-state index in [1.54, 1.807) is 0 Å². The summed E-state index contributed by atoms with van der Waals surface area (Å²) in [4.78, 5) is 10.9. The highest BCUT2D eigenvalue weighted by Gasteiger charge is 1.99. The predicted octanol–water partition coefficient (Wildman–Crippen LogP) is 1.51. The average Bonchev–Trinajstić information content (AvgIpc) is 2.26. The standard InChI is InChI=1S/C11H14N2OS/c1-8(12)11(15)10-4-2-9(3-5-10)6-13-7-14/h2-5,7,15H,6,12H2,1H3,(H,13,14)/b11-8-. The number of nitrogens with one attached hydrogen (secondary N) is 1. The molecule has 0 fully saturated rings. The fourth-order valence-corrected chi connectivity index (χ4v) is 1.32. The summed E-state index contributed by atoms with van der Waals surface area (Å²) in [5.41, 5.74) is 8.35. The monoisotopic (exact) mass is 222 g/mol. The van der Waals surface area contributed by atoms with E-state index >= 15 is 0 Å². The van der Waals surface area contributed by atoms with Gasteiger partial charge in [-0.2, -0.15) is 0 Å². The van der Waals surface area contributed by atoms with E-state index in [0.717, 1.165) is 16.0 Å². The van der Waals surface area contributed by atoms with E-state index in [-0.39, 0.29) is 0 Å². The maximum absolute atomic E-state index is 10.1. The number of rotatable bonds is 4. The molecule has 0 aliphatic heterocycles. The van der Waals surface area contributed by atoms with Gasteiger partial charge in [0.15, 0.2) is 0 Å². The normalized spacial score (nSPS) is 11.9. The number of thiol groups is 1. The number of hydrogen-bond donors (Lipinski definition) is 3. The van der Waals surface area contributed by atoms with Gasteiger partial charge in [0, 0.05) is 17.1 Å². The number of hydrogen-bond acceptors (Lipinski definition) is 3. The molecule has 0 unspecified atom stereocenters. The number of carbonyl (C=O) groups excluding carboxylic acids is 1. The molecule has 0 saturated carbocycles. The Balaban J connectivity index is 2.81. The zero-order valence-corrected chi connectivity index (χ0v) is 9.42. The third-order valence-electron chi connectivity index (χ3n) is 1.99. The molecule has 0 saturated heterocycles. The molecule has 80 valence electrons. The van der Waals surface area contributed by atoms with E-state index < -0.39 is 0 Å². The highest BCUT2D eigenvalue weighted by Crippen LogP contribution is 2.20. The zero-order chi connectivity index (χ0) is 11.3. The second-order valence-electron chi connectivity index (χ2n) is 3.23. The van der Waals surface area contributed by atoms with Gasteiger partial charge in [-0.15, -0.1) is 12.6 Å². The molecule has 0 spiro atoms. The summed E-state index contributed by atoms with van der Waals surface area (Å²) in [6, 6.07) is 7.73. The molecule has 0 heterocycles. The van der Waals surface area contributed by atoms with Crippen LogP contribution in [0.25, 0.3) is 4.91 Å². The van der Waals surface area contributed by atoms with Gasteiger partial charge in [0.2, 0.25) is 6.41 Å². The molecule has 3 nitrogen and oxygen atoms in total. The Kier molecular flexibility index (Phi) is 4.24. The van der Waals surface area contributed by atoms with Crippen LogP contribution in [-0.2, 0) is 11.3 Å². The molecular weight excluding hydrogens is 208 g/mol. The van der Waals surface area contributed by atoms with Crippen LogP contribution in [0.2, 0.25) is 0 Å². The van der Waals surface area contributed by atoms with Gasteiger partial charge in [0.05, 0.1) is 0 Å². The Hall–Kier alpha value is -1.42. The third-order valence-corrected chi connectivity index (χ3v) is 2.60. The van der Waals surface area contributed by atoms with Crippen molar-refractivity contribution < 1.29 is 4.79 Å². The summed E-state index contributed by atoms with van der Waals surface area (Å²) >= 11 is 4.30. The Bertz CT molecular complexity index is 367. The van der Waals surface area contributed by atoms with Crippen LogP contribution in [0, 0.1) is 0 Å². The van der Waals surface area contributed by atoms with Crippen LogP contribution in [0.4, 0.5) is 0 Å². The molecule has 0 bridgehead atoms. The van der Waals surface area contributed by atoms with Gasteiger partial charge in [0.1, 0.15) is 0 Å². The van der Waals surface area contributed by atoms with E-state index in [2.05, 4.69) is 17.9 Å². The van der Waals surface area contributed by atoms with Gasteiger partial charge < -0.3 is 11.1 Å². The fourth-order valence-electron chi connectivity index (χ4n) is 1.17. The smallest absolute Gasteiger partial charge is 0.207 e. The quantitative estimate of drug-likeness (QED) is 0.534. The number of benzene rings is 1. The fraction of sp³-hybridized carbons (Fsp3) is 0.182. The summed E-state index contributed by atoms with van der Waals surface area (Å²) in [7, 11) is 0. The molecule has 1 aromatic carbocycles. The minimum absolute atomic E-state index is 0.539. The van der Waals surface area contributed by atoms with Crippen LogP contribution >= 0.6 is 12.6 Å². The minimum atomic E-state index is 0.539. The van der Waals surface area contributed by atoms with Crippen LogP contribution < -0.4 is 11.1 Å². The van der Waals surface area contributed by atoms with E-state index in [4.69, 9.17) is 5.73 Å². The van der Waals surface area contributed by atoms with Crippen LogP contribution in [0.15, 0.2) is 30.0 Å². The second-order valence-corrected chi connectivity index (χ2v) is 3.67. The molecule has 1 aromatic rings. The minimum Gasteiger partial charge on any atom is -0.401 e. The summed E-state index contributed by atoms with van der Waals surface area (Å²) < 4.78 is 0. The molecule has 4 heteroatoms.